The van der Waals surface area contributed by atoms with E-state index in [0.29, 0.717) is 0 Å². The van der Waals surface area contributed by atoms with Crippen LogP contribution in [0.4, 0.5) is 0 Å². The van der Waals surface area contributed by atoms with E-state index in [0.717, 1.165) is 5.19 Å². The molecule has 2 atom stereocenters. The van der Waals surface area contributed by atoms with Gasteiger partial charge in [0.1, 0.15) is 5.41 Å². The maximum Gasteiger partial charge on any atom is 0.157 e. The Morgan fingerprint density at radius 1 is 1.11 bits per heavy atom. The topological polar surface area (TPSA) is 37.3 Å². The van der Waals surface area contributed by atoms with Crippen LogP contribution in [-0.2, 0) is 4.79 Å². The molecule has 0 aromatic heterocycles. The SMILES string of the molecule is CC(C)[C@H](O)[C@@H](C)C(=O)[Si](C)(C)c1ccccc1. The molecule has 3 heteroatoms. The highest BCUT2D eigenvalue weighted by Crippen LogP contribution is 2.19. The molecule has 0 unspecified atom stereocenters. The summed E-state index contributed by atoms with van der Waals surface area (Å²) in [5.41, 5.74) is 0. The molecule has 0 heterocycles. The van der Waals surface area contributed by atoms with Gasteiger partial charge < -0.3 is 9.90 Å². The molecule has 1 N–H and O–H groups in total. The molecule has 0 aliphatic rings. The van der Waals surface area contributed by atoms with Gasteiger partial charge in [0.25, 0.3) is 0 Å². The maximum atomic E-state index is 12.6. The van der Waals surface area contributed by atoms with E-state index in [9.17, 15) is 9.90 Å². The van der Waals surface area contributed by atoms with Gasteiger partial charge >= 0.3 is 0 Å². The van der Waals surface area contributed by atoms with Crippen molar-refractivity contribution in [2.45, 2.75) is 40.0 Å². The van der Waals surface area contributed by atoms with Crippen molar-refractivity contribution < 1.29 is 9.90 Å². The minimum absolute atomic E-state index is 0.115. The van der Waals surface area contributed by atoms with E-state index >= 15 is 0 Å². The van der Waals surface area contributed by atoms with E-state index in [1.807, 2.05) is 51.1 Å². The number of benzene rings is 1. The fraction of sp³-hybridized carbons (Fsp3) is 0.533. The lowest BCUT2D eigenvalue weighted by Crippen LogP contribution is -2.54. The summed E-state index contributed by atoms with van der Waals surface area (Å²) in [6.45, 7) is 9.88. The largest absolute Gasteiger partial charge is 0.392 e. The quantitative estimate of drug-likeness (QED) is 0.829. The van der Waals surface area contributed by atoms with E-state index in [1.165, 1.54) is 0 Å². The predicted molar refractivity (Wildman–Crippen MR) is 78.6 cm³/mol. The van der Waals surface area contributed by atoms with Gasteiger partial charge in [-0.3, -0.25) is 0 Å². The first kappa shape index (κ1) is 15.1. The normalized spacial score (nSPS) is 15.5. The number of hydrogen-bond donors (Lipinski definition) is 1. The highest BCUT2D eigenvalue weighted by Gasteiger charge is 2.38. The summed E-state index contributed by atoms with van der Waals surface area (Å²) in [6, 6.07) is 9.96. The lowest BCUT2D eigenvalue weighted by atomic mass is 9.96. The number of hydrogen-bond acceptors (Lipinski definition) is 2. The van der Waals surface area contributed by atoms with Crippen molar-refractivity contribution in [3.63, 3.8) is 0 Å². The Morgan fingerprint density at radius 3 is 2.06 bits per heavy atom. The van der Waals surface area contributed by atoms with Crippen LogP contribution in [0.15, 0.2) is 30.3 Å². The van der Waals surface area contributed by atoms with Crippen LogP contribution in [0.25, 0.3) is 0 Å². The molecule has 18 heavy (non-hydrogen) atoms. The first-order valence-electron chi connectivity index (χ1n) is 6.56. The Morgan fingerprint density at radius 2 is 1.61 bits per heavy atom. The maximum absolute atomic E-state index is 12.6. The zero-order chi connectivity index (χ0) is 13.9. The molecule has 0 radical (unpaired) electrons. The third-order valence-electron chi connectivity index (χ3n) is 3.72. The highest BCUT2D eigenvalue weighted by molar-refractivity contribution is 7.13. The summed E-state index contributed by atoms with van der Waals surface area (Å²) in [6.07, 6.45) is -0.548. The van der Waals surface area contributed by atoms with Gasteiger partial charge in [0, 0.05) is 5.92 Å². The van der Waals surface area contributed by atoms with Gasteiger partial charge in [0.2, 0.25) is 0 Å². The molecule has 0 spiro atoms. The second kappa shape index (κ2) is 5.80. The molecule has 1 aromatic carbocycles. The van der Waals surface area contributed by atoms with Crippen LogP contribution in [0.1, 0.15) is 20.8 Å². The fourth-order valence-electron chi connectivity index (χ4n) is 2.30. The van der Waals surface area contributed by atoms with Crippen LogP contribution < -0.4 is 5.19 Å². The average molecular weight is 264 g/mol. The highest BCUT2D eigenvalue weighted by atomic mass is 28.3. The lowest BCUT2D eigenvalue weighted by Gasteiger charge is -2.29. The first-order chi connectivity index (χ1) is 8.28. The minimum atomic E-state index is -2.15. The number of carbonyl (C=O) groups is 1. The summed E-state index contributed by atoms with van der Waals surface area (Å²) in [7, 11) is -2.15. The van der Waals surface area contributed by atoms with Crippen molar-refractivity contribution in [3.8, 4) is 0 Å². The van der Waals surface area contributed by atoms with Crippen LogP contribution in [0, 0.1) is 11.8 Å². The monoisotopic (exact) mass is 264 g/mol. The van der Waals surface area contributed by atoms with Crippen molar-refractivity contribution in [2.75, 3.05) is 0 Å². The van der Waals surface area contributed by atoms with Gasteiger partial charge in [-0.2, -0.15) is 0 Å². The number of aliphatic hydroxyl groups excluding tert-OH is 1. The molecular weight excluding hydrogens is 240 g/mol. The molecule has 100 valence electrons. The summed E-state index contributed by atoms with van der Waals surface area (Å²) < 4.78 is 0. The van der Waals surface area contributed by atoms with Crippen LogP contribution in [0.5, 0.6) is 0 Å². The molecule has 1 rings (SSSR count). The summed E-state index contributed by atoms with van der Waals surface area (Å²) in [4.78, 5) is 12.6. The zero-order valence-electron chi connectivity index (χ0n) is 12.0. The molecule has 0 bridgehead atoms. The smallest absolute Gasteiger partial charge is 0.157 e. The van der Waals surface area contributed by atoms with Crippen LogP contribution in [0.3, 0.4) is 0 Å². The van der Waals surface area contributed by atoms with E-state index in [-0.39, 0.29) is 17.2 Å². The second-order valence-electron chi connectivity index (χ2n) is 5.88. The Labute approximate surface area is 111 Å². The Hall–Kier alpha value is -0.933. The van der Waals surface area contributed by atoms with Gasteiger partial charge in [-0.25, -0.2) is 0 Å². The van der Waals surface area contributed by atoms with Crippen LogP contribution >= 0.6 is 0 Å². The van der Waals surface area contributed by atoms with Gasteiger partial charge in [0.05, 0.1) is 6.10 Å². The molecular formula is C15H24O2Si. The number of rotatable bonds is 5. The van der Waals surface area contributed by atoms with Crippen molar-refractivity contribution in [1.29, 1.82) is 0 Å². The molecule has 0 amide bonds. The third kappa shape index (κ3) is 3.09. The molecule has 0 saturated carbocycles. The van der Waals surface area contributed by atoms with Crippen molar-refractivity contribution in [1.82, 2.24) is 0 Å². The van der Waals surface area contributed by atoms with Crippen LogP contribution in [-0.4, -0.2) is 24.7 Å². The zero-order valence-corrected chi connectivity index (χ0v) is 13.0. The Bertz CT molecular complexity index is 398. The first-order valence-corrected chi connectivity index (χ1v) is 9.56. The molecule has 0 aliphatic carbocycles. The van der Waals surface area contributed by atoms with Crippen molar-refractivity contribution >= 4 is 18.7 Å². The lowest BCUT2D eigenvalue weighted by molar-refractivity contribution is -0.119. The second-order valence-corrected chi connectivity index (χ2v) is 10.2. The van der Waals surface area contributed by atoms with Crippen molar-refractivity contribution in [3.05, 3.63) is 30.3 Å². The molecule has 0 fully saturated rings. The Balaban J connectivity index is 2.96. The van der Waals surface area contributed by atoms with E-state index in [1.54, 1.807) is 0 Å². The van der Waals surface area contributed by atoms with Crippen molar-refractivity contribution in [2.24, 2.45) is 11.8 Å². The molecule has 0 saturated heterocycles. The molecule has 2 nitrogen and oxygen atoms in total. The Kier molecular flexibility index (Phi) is 4.88. The average Bonchev–Trinajstić information content (AvgIpc) is 2.36. The third-order valence-corrected chi connectivity index (χ3v) is 7.18. The predicted octanol–water partition coefficient (Wildman–Crippen LogP) is 2.36. The fourth-order valence-corrected chi connectivity index (χ4v) is 4.92. The summed E-state index contributed by atoms with van der Waals surface area (Å²) in [5, 5.41) is 11.4. The van der Waals surface area contributed by atoms with Gasteiger partial charge in [-0.05, 0) is 5.92 Å². The van der Waals surface area contributed by atoms with Crippen LogP contribution in [0.2, 0.25) is 13.1 Å². The molecule has 1 aromatic rings. The number of carbonyl (C=O) groups excluding carboxylic acids is 1. The van der Waals surface area contributed by atoms with Gasteiger partial charge in [-0.15, -0.1) is 0 Å². The van der Waals surface area contributed by atoms with E-state index in [2.05, 4.69) is 13.1 Å². The van der Waals surface area contributed by atoms with Gasteiger partial charge in [-0.1, -0.05) is 69.4 Å². The summed E-state index contributed by atoms with van der Waals surface area (Å²) in [5.74, 6) is -0.170. The van der Waals surface area contributed by atoms with Gasteiger partial charge in [0.15, 0.2) is 8.07 Å². The summed E-state index contributed by atoms with van der Waals surface area (Å²) >= 11 is 0. The van der Waals surface area contributed by atoms with E-state index < -0.39 is 14.2 Å². The van der Waals surface area contributed by atoms with E-state index in [4.69, 9.17) is 0 Å². The number of aliphatic hydroxyl groups is 1. The standard InChI is InChI=1S/C15H24O2Si/c1-11(2)14(16)12(3)15(17)18(4,5)13-9-7-6-8-10-13/h6-12,14,16H,1-5H3/t12-,14+/m1/s1. The molecule has 0 aliphatic heterocycles. The minimum Gasteiger partial charge on any atom is -0.392 e.